The van der Waals surface area contributed by atoms with Crippen LogP contribution in [0.2, 0.25) is 0 Å². The third-order valence-corrected chi connectivity index (χ3v) is 4.66. The first-order valence-corrected chi connectivity index (χ1v) is 9.16. The van der Waals surface area contributed by atoms with Crippen molar-refractivity contribution in [3.63, 3.8) is 0 Å². The van der Waals surface area contributed by atoms with Gasteiger partial charge in [-0.2, -0.15) is 0 Å². The standard InChI is InChI=1S/C20H34O2/c1-3-4-5-6-9-13-18-15-12-16-19(18)14-10-7-8-11-17-20(21)22-2/h7,9-10,13,18-19H,3-6,8,11-12,14-17H2,1-2H3/t18-,19-/m0/s1. The lowest BCUT2D eigenvalue weighted by atomic mass is 9.92. The summed E-state index contributed by atoms with van der Waals surface area (Å²) in [5, 5.41) is 0. The molecule has 1 saturated carbocycles. The predicted molar refractivity (Wildman–Crippen MR) is 93.7 cm³/mol. The van der Waals surface area contributed by atoms with E-state index in [0.717, 1.165) is 24.7 Å². The molecule has 2 nitrogen and oxygen atoms in total. The van der Waals surface area contributed by atoms with Crippen LogP contribution in [0.15, 0.2) is 24.3 Å². The quantitative estimate of drug-likeness (QED) is 0.273. The Morgan fingerprint density at radius 2 is 1.91 bits per heavy atom. The van der Waals surface area contributed by atoms with E-state index in [1.54, 1.807) is 0 Å². The molecule has 126 valence electrons. The summed E-state index contributed by atoms with van der Waals surface area (Å²) >= 11 is 0. The Balaban J connectivity index is 2.16. The van der Waals surface area contributed by atoms with E-state index in [0.29, 0.717) is 6.42 Å². The molecular weight excluding hydrogens is 272 g/mol. The molecule has 0 saturated heterocycles. The SMILES string of the molecule is CCCCCC=C[C@H]1CCC[C@@H]1CC=CCCCC(=O)OC. The van der Waals surface area contributed by atoms with Gasteiger partial charge < -0.3 is 4.74 Å². The van der Waals surface area contributed by atoms with Crippen LogP contribution in [0.5, 0.6) is 0 Å². The van der Waals surface area contributed by atoms with E-state index in [9.17, 15) is 4.79 Å². The van der Waals surface area contributed by atoms with Crippen LogP contribution in [-0.2, 0) is 9.53 Å². The molecule has 0 aromatic carbocycles. The fourth-order valence-corrected chi connectivity index (χ4v) is 3.25. The number of esters is 1. The molecule has 1 aliphatic carbocycles. The normalized spacial score (nSPS) is 21.9. The minimum Gasteiger partial charge on any atom is -0.469 e. The minimum absolute atomic E-state index is 0.0996. The molecular formula is C20H34O2. The van der Waals surface area contributed by atoms with Gasteiger partial charge in [0.25, 0.3) is 0 Å². The molecule has 0 heterocycles. The number of carbonyl (C=O) groups is 1. The monoisotopic (exact) mass is 306 g/mol. The molecule has 0 unspecified atom stereocenters. The van der Waals surface area contributed by atoms with Crippen molar-refractivity contribution in [1.29, 1.82) is 0 Å². The Morgan fingerprint density at radius 1 is 1.09 bits per heavy atom. The number of hydrogen-bond donors (Lipinski definition) is 0. The van der Waals surface area contributed by atoms with Crippen LogP contribution in [0.3, 0.4) is 0 Å². The summed E-state index contributed by atoms with van der Waals surface area (Å²) in [5.74, 6) is 1.53. The number of carbonyl (C=O) groups excluding carboxylic acids is 1. The number of allylic oxidation sites excluding steroid dienone is 4. The molecule has 0 aromatic rings. The molecule has 22 heavy (non-hydrogen) atoms. The Kier molecular flexibility index (Phi) is 10.8. The smallest absolute Gasteiger partial charge is 0.305 e. The highest BCUT2D eigenvalue weighted by Gasteiger charge is 2.23. The lowest BCUT2D eigenvalue weighted by Gasteiger charge is -2.14. The van der Waals surface area contributed by atoms with E-state index in [2.05, 4.69) is 36.0 Å². The summed E-state index contributed by atoms with van der Waals surface area (Å²) in [4.78, 5) is 11.0. The van der Waals surface area contributed by atoms with Gasteiger partial charge in [-0.05, 0) is 56.8 Å². The van der Waals surface area contributed by atoms with Gasteiger partial charge in [-0.25, -0.2) is 0 Å². The molecule has 0 N–H and O–H groups in total. The largest absolute Gasteiger partial charge is 0.469 e. The second-order valence-electron chi connectivity index (χ2n) is 6.45. The molecule has 1 aliphatic rings. The number of methoxy groups -OCH3 is 1. The van der Waals surface area contributed by atoms with Crippen LogP contribution >= 0.6 is 0 Å². The molecule has 2 atom stereocenters. The predicted octanol–water partition coefficient (Wildman–Crippen LogP) is 5.83. The van der Waals surface area contributed by atoms with Gasteiger partial charge in [0.15, 0.2) is 0 Å². The topological polar surface area (TPSA) is 26.3 Å². The van der Waals surface area contributed by atoms with Crippen molar-refractivity contribution in [3.05, 3.63) is 24.3 Å². The van der Waals surface area contributed by atoms with Crippen molar-refractivity contribution in [2.75, 3.05) is 7.11 Å². The van der Waals surface area contributed by atoms with Gasteiger partial charge in [0.2, 0.25) is 0 Å². The highest BCUT2D eigenvalue weighted by molar-refractivity contribution is 5.68. The van der Waals surface area contributed by atoms with Gasteiger partial charge >= 0.3 is 5.97 Å². The van der Waals surface area contributed by atoms with Gasteiger partial charge in [-0.1, -0.05) is 50.5 Å². The van der Waals surface area contributed by atoms with Gasteiger partial charge in [0.05, 0.1) is 7.11 Å². The molecule has 2 heteroatoms. The maximum absolute atomic E-state index is 11.0. The molecule has 0 spiro atoms. The lowest BCUT2D eigenvalue weighted by Crippen LogP contribution is -2.03. The van der Waals surface area contributed by atoms with E-state index in [-0.39, 0.29) is 5.97 Å². The first-order valence-electron chi connectivity index (χ1n) is 9.16. The molecule has 0 amide bonds. The summed E-state index contributed by atoms with van der Waals surface area (Å²) in [5.41, 5.74) is 0. The third kappa shape index (κ3) is 8.41. The van der Waals surface area contributed by atoms with E-state index in [1.165, 1.54) is 58.5 Å². The molecule has 0 aliphatic heterocycles. The Hall–Kier alpha value is -1.05. The van der Waals surface area contributed by atoms with Crippen LogP contribution in [0, 0.1) is 11.8 Å². The lowest BCUT2D eigenvalue weighted by molar-refractivity contribution is -0.140. The number of unbranched alkanes of at least 4 members (excludes halogenated alkanes) is 4. The summed E-state index contributed by atoms with van der Waals surface area (Å²) in [6.07, 6.45) is 22.4. The summed E-state index contributed by atoms with van der Waals surface area (Å²) in [6, 6.07) is 0. The van der Waals surface area contributed by atoms with Crippen LogP contribution < -0.4 is 0 Å². The van der Waals surface area contributed by atoms with Crippen LogP contribution in [0.4, 0.5) is 0 Å². The zero-order chi connectivity index (χ0) is 16.0. The minimum atomic E-state index is -0.0996. The first kappa shape index (κ1) is 19.0. The second kappa shape index (κ2) is 12.5. The van der Waals surface area contributed by atoms with Crippen molar-refractivity contribution in [3.8, 4) is 0 Å². The number of ether oxygens (including phenoxy) is 1. The molecule has 0 bridgehead atoms. The highest BCUT2D eigenvalue weighted by atomic mass is 16.5. The summed E-state index contributed by atoms with van der Waals surface area (Å²) < 4.78 is 4.64. The van der Waals surface area contributed by atoms with Gasteiger partial charge in [0, 0.05) is 6.42 Å². The zero-order valence-electron chi connectivity index (χ0n) is 14.6. The van der Waals surface area contributed by atoms with Crippen LogP contribution in [0.25, 0.3) is 0 Å². The Labute approximate surface area is 137 Å². The highest BCUT2D eigenvalue weighted by Crippen LogP contribution is 2.35. The van der Waals surface area contributed by atoms with E-state index in [4.69, 9.17) is 0 Å². The van der Waals surface area contributed by atoms with Crippen molar-refractivity contribution in [2.24, 2.45) is 11.8 Å². The molecule has 0 radical (unpaired) electrons. The summed E-state index contributed by atoms with van der Waals surface area (Å²) in [6.45, 7) is 2.26. The van der Waals surface area contributed by atoms with E-state index in [1.807, 2.05) is 0 Å². The second-order valence-corrected chi connectivity index (χ2v) is 6.45. The van der Waals surface area contributed by atoms with Crippen molar-refractivity contribution in [1.82, 2.24) is 0 Å². The van der Waals surface area contributed by atoms with Gasteiger partial charge in [-0.15, -0.1) is 0 Å². The Morgan fingerprint density at radius 3 is 2.68 bits per heavy atom. The van der Waals surface area contributed by atoms with Gasteiger partial charge in [-0.3, -0.25) is 4.79 Å². The maximum atomic E-state index is 11.0. The number of rotatable bonds is 11. The average Bonchev–Trinajstić information content (AvgIpc) is 2.97. The van der Waals surface area contributed by atoms with Crippen molar-refractivity contribution >= 4 is 5.97 Å². The Bertz CT molecular complexity index is 344. The van der Waals surface area contributed by atoms with Crippen molar-refractivity contribution in [2.45, 2.75) is 77.6 Å². The van der Waals surface area contributed by atoms with E-state index >= 15 is 0 Å². The zero-order valence-corrected chi connectivity index (χ0v) is 14.6. The van der Waals surface area contributed by atoms with Crippen molar-refractivity contribution < 1.29 is 9.53 Å². The molecule has 1 rings (SSSR count). The van der Waals surface area contributed by atoms with Crippen LogP contribution in [-0.4, -0.2) is 13.1 Å². The molecule has 0 aromatic heterocycles. The fourth-order valence-electron chi connectivity index (χ4n) is 3.25. The molecule has 1 fully saturated rings. The fraction of sp³-hybridized carbons (Fsp3) is 0.750. The van der Waals surface area contributed by atoms with Gasteiger partial charge in [0.1, 0.15) is 0 Å². The van der Waals surface area contributed by atoms with Crippen LogP contribution in [0.1, 0.15) is 77.6 Å². The third-order valence-electron chi connectivity index (χ3n) is 4.66. The van der Waals surface area contributed by atoms with E-state index < -0.39 is 0 Å². The first-order chi connectivity index (χ1) is 10.8. The maximum Gasteiger partial charge on any atom is 0.305 e. The number of hydrogen-bond acceptors (Lipinski definition) is 2. The summed E-state index contributed by atoms with van der Waals surface area (Å²) in [7, 11) is 1.45. The average molecular weight is 306 g/mol.